The molecule has 2 nitrogen and oxygen atoms in total. The normalized spacial score (nSPS) is 14.9. The fraction of sp³-hybridized carbons (Fsp3) is 0.455. The van der Waals surface area contributed by atoms with Crippen LogP contribution in [0.3, 0.4) is 0 Å². The minimum Gasteiger partial charge on any atom is -0.388 e. The monoisotopic (exact) mass is 293 g/mol. The van der Waals surface area contributed by atoms with E-state index in [0.29, 0.717) is 10.9 Å². The molecule has 0 aliphatic rings. The van der Waals surface area contributed by atoms with Crippen LogP contribution in [0.25, 0.3) is 0 Å². The van der Waals surface area contributed by atoms with Crippen LogP contribution < -0.4 is 5.73 Å². The molecule has 0 heterocycles. The molecular weight excluding hydrogens is 280 g/mol. The first-order valence-electron chi connectivity index (χ1n) is 5.03. The summed E-state index contributed by atoms with van der Waals surface area (Å²) in [6.07, 6.45) is -0.643. The maximum atomic E-state index is 13.5. The molecule has 0 fully saturated rings. The van der Waals surface area contributed by atoms with Crippen LogP contribution in [-0.2, 0) is 0 Å². The second-order valence-corrected chi connectivity index (χ2v) is 4.55. The van der Waals surface area contributed by atoms with Crippen LogP contribution in [0.15, 0.2) is 16.6 Å². The van der Waals surface area contributed by atoms with E-state index in [1.165, 1.54) is 0 Å². The van der Waals surface area contributed by atoms with E-state index in [9.17, 15) is 13.9 Å². The highest BCUT2D eigenvalue weighted by Crippen LogP contribution is 2.30. The number of hydrogen-bond donors (Lipinski definition) is 2. The Bertz CT molecular complexity index is 346. The predicted octanol–water partition coefficient (Wildman–Crippen LogP) is 2.75. The Balaban J connectivity index is 3.12. The Hall–Kier alpha value is -0.520. The highest BCUT2D eigenvalue weighted by Gasteiger charge is 2.24. The van der Waals surface area contributed by atoms with Gasteiger partial charge in [0.25, 0.3) is 0 Å². The molecule has 0 spiro atoms. The highest BCUT2D eigenvalue weighted by molar-refractivity contribution is 9.10. The molecule has 1 rings (SSSR count). The molecule has 0 bridgehead atoms. The molecule has 1 aromatic carbocycles. The van der Waals surface area contributed by atoms with E-state index >= 15 is 0 Å². The molecule has 0 aromatic heterocycles. The van der Waals surface area contributed by atoms with Crippen LogP contribution >= 0.6 is 15.9 Å². The summed E-state index contributed by atoms with van der Waals surface area (Å²) in [6.45, 7) is 2.00. The van der Waals surface area contributed by atoms with Crippen molar-refractivity contribution in [1.82, 2.24) is 0 Å². The van der Waals surface area contributed by atoms with Gasteiger partial charge in [0.1, 0.15) is 11.6 Å². The van der Waals surface area contributed by atoms with Crippen molar-refractivity contribution in [3.63, 3.8) is 0 Å². The van der Waals surface area contributed by atoms with Gasteiger partial charge in [-0.3, -0.25) is 0 Å². The molecule has 16 heavy (non-hydrogen) atoms. The fourth-order valence-corrected chi connectivity index (χ4v) is 1.99. The first kappa shape index (κ1) is 13.5. The Morgan fingerprint density at radius 2 is 1.88 bits per heavy atom. The molecule has 2 unspecified atom stereocenters. The minimum atomic E-state index is -1.21. The summed E-state index contributed by atoms with van der Waals surface area (Å²) in [6, 6.07) is 2.26. The van der Waals surface area contributed by atoms with Gasteiger partial charge in [-0.05, 0) is 25.1 Å². The van der Waals surface area contributed by atoms with E-state index in [0.717, 1.165) is 12.1 Å². The van der Waals surface area contributed by atoms with Gasteiger partial charge >= 0.3 is 0 Å². The number of benzene rings is 1. The molecule has 0 aliphatic carbocycles. The first-order chi connectivity index (χ1) is 7.51. The van der Waals surface area contributed by atoms with E-state index in [-0.39, 0.29) is 18.0 Å². The average molecular weight is 294 g/mol. The van der Waals surface area contributed by atoms with Crippen LogP contribution in [0, 0.1) is 17.6 Å². The summed E-state index contributed by atoms with van der Waals surface area (Å²) in [7, 11) is 0. The highest BCUT2D eigenvalue weighted by atomic mass is 79.9. The zero-order valence-corrected chi connectivity index (χ0v) is 10.5. The Morgan fingerprint density at radius 3 is 2.25 bits per heavy atom. The molecule has 3 N–H and O–H groups in total. The third-order valence-electron chi connectivity index (χ3n) is 2.61. The third-order valence-corrected chi connectivity index (χ3v) is 3.07. The summed E-state index contributed by atoms with van der Waals surface area (Å²) in [5.41, 5.74) is 5.13. The molecule has 0 aliphatic heterocycles. The van der Waals surface area contributed by atoms with Gasteiger partial charge in [-0.1, -0.05) is 22.9 Å². The Labute approximate surface area is 102 Å². The molecule has 2 atom stereocenters. The number of halogens is 3. The Morgan fingerprint density at radius 1 is 1.38 bits per heavy atom. The standard InChI is InChI=1S/C11H14BrF2NO/c1-2-6(5-15)11(16)10-8(13)3-7(12)4-9(10)14/h3-4,6,11,16H,2,5,15H2,1H3. The van der Waals surface area contributed by atoms with Crippen LogP contribution in [0.4, 0.5) is 8.78 Å². The minimum absolute atomic E-state index is 0.187. The van der Waals surface area contributed by atoms with E-state index in [4.69, 9.17) is 5.73 Å². The van der Waals surface area contributed by atoms with E-state index < -0.39 is 17.7 Å². The van der Waals surface area contributed by atoms with E-state index in [1.54, 1.807) is 0 Å². The molecule has 5 heteroatoms. The Kier molecular flexibility index (Phi) is 4.83. The van der Waals surface area contributed by atoms with Crippen LogP contribution in [-0.4, -0.2) is 11.7 Å². The quantitative estimate of drug-likeness (QED) is 0.897. The van der Waals surface area contributed by atoms with Gasteiger partial charge < -0.3 is 10.8 Å². The predicted molar refractivity (Wildman–Crippen MR) is 61.9 cm³/mol. The van der Waals surface area contributed by atoms with Gasteiger partial charge in [0, 0.05) is 10.4 Å². The van der Waals surface area contributed by atoms with Gasteiger partial charge in [-0.25, -0.2) is 8.78 Å². The van der Waals surface area contributed by atoms with Crippen molar-refractivity contribution < 1.29 is 13.9 Å². The molecule has 0 radical (unpaired) electrons. The lowest BCUT2D eigenvalue weighted by atomic mass is 9.93. The largest absolute Gasteiger partial charge is 0.388 e. The molecule has 0 saturated carbocycles. The lowest BCUT2D eigenvalue weighted by Crippen LogP contribution is -2.23. The summed E-state index contributed by atoms with van der Waals surface area (Å²) in [5, 5.41) is 9.86. The number of rotatable bonds is 4. The SMILES string of the molecule is CCC(CN)C(O)c1c(F)cc(Br)cc1F. The molecule has 0 saturated heterocycles. The zero-order chi connectivity index (χ0) is 12.3. The van der Waals surface area contributed by atoms with E-state index in [2.05, 4.69) is 15.9 Å². The maximum absolute atomic E-state index is 13.5. The second-order valence-electron chi connectivity index (χ2n) is 3.63. The average Bonchev–Trinajstić information content (AvgIpc) is 2.17. The molecular formula is C11H14BrF2NO. The first-order valence-corrected chi connectivity index (χ1v) is 5.83. The summed E-state index contributed by atoms with van der Waals surface area (Å²) in [5.74, 6) is -1.86. The van der Waals surface area contributed by atoms with Gasteiger partial charge in [0.15, 0.2) is 0 Å². The lowest BCUT2D eigenvalue weighted by Gasteiger charge is -2.21. The summed E-state index contributed by atoms with van der Waals surface area (Å²) < 4.78 is 27.4. The van der Waals surface area contributed by atoms with Crippen molar-refractivity contribution >= 4 is 15.9 Å². The number of aliphatic hydroxyl groups excluding tert-OH is 1. The van der Waals surface area contributed by atoms with E-state index in [1.807, 2.05) is 6.92 Å². The maximum Gasteiger partial charge on any atom is 0.133 e. The van der Waals surface area contributed by atoms with Gasteiger partial charge in [-0.15, -0.1) is 0 Å². The van der Waals surface area contributed by atoms with Crippen LogP contribution in [0.2, 0.25) is 0 Å². The number of aliphatic hydroxyl groups is 1. The molecule has 1 aromatic rings. The van der Waals surface area contributed by atoms with Crippen LogP contribution in [0.1, 0.15) is 25.0 Å². The fourth-order valence-electron chi connectivity index (χ4n) is 1.59. The molecule has 0 amide bonds. The van der Waals surface area contributed by atoms with Gasteiger partial charge in [0.05, 0.1) is 11.7 Å². The van der Waals surface area contributed by atoms with Crippen molar-refractivity contribution in [3.8, 4) is 0 Å². The third kappa shape index (κ3) is 2.78. The van der Waals surface area contributed by atoms with Gasteiger partial charge in [0.2, 0.25) is 0 Å². The topological polar surface area (TPSA) is 46.2 Å². The number of nitrogens with two attached hydrogens (primary N) is 1. The summed E-state index contributed by atoms with van der Waals surface area (Å²) >= 11 is 2.98. The van der Waals surface area contributed by atoms with Crippen molar-refractivity contribution in [2.24, 2.45) is 11.7 Å². The lowest BCUT2D eigenvalue weighted by molar-refractivity contribution is 0.102. The van der Waals surface area contributed by atoms with Crippen molar-refractivity contribution in [2.75, 3.05) is 6.54 Å². The zero-order valence-electron chi connectivity index (χ0n) is 8.88. The smallest absolute Gasteiger partial charge is 0.133 e. The number of hydrogen-bond acceptors (Lipinski definition) is 2. The van der Waals surface area contributed by atoms with Crippen molar-refractivity contribution in [2.45, 2.75) is 19.4 Å². The molecule has 90 valence electrons. The summed E-state index contributed by atoms with van der Waals surface area (Å²) in [4.78, 5) is 0. The van der Waals surface area contributed by atoms with Crippen molar-refractivity contribution in [1.29, 1.82) is 0 Å². The second kappa shape index (κ2) is 5.70. The van der Waals surface area contributed by atoms with Gasteiger partial charge in [-0.2, -0.15) is 0 Å². The van der Waals surface area contributed by atoms with Crippen molar-refractivity contribution in [3.05, 3.63) is 33.8 Å². The van der Waals surface area contributed by atoms with Crippen LogP contribution in [0.5, 0.6) is 0 Å².